The van der Waals surface area contributed by atoms with Crippen LogP contribution in [-0.2, 0) is 19.6 Å². The van der Waals surface area contributed by atoms with Crippen LogP contribution in [0, 0.1) is 0 Å². The van der Waals surface area contributed by atoms with E-state index in [1.54, 1.807) is 38.3 Å². The van der Waals surface area contributed by atoms with Gasteiger partial charge in [-0.2, -0.15) is 4.31 Å². The predicted molar refractivity (Wildman–Crippen MR) is 115 cm³/mol. The number of ether oxygens (including phenoxy) is 1. The highest BCUT2D eigenvalue weighted by Gasteiger charge is 2.50. The lowest BCUT2D eigenvalue weighted by Crippen LogP contribution is -2.70. The zero-order valence-electron chi connectivity index (χ0n) is 17.9. The largest absolute Gasteiger partial charge is 0.497 e. The number of anilines is 1. The topological polar surface area (TPSA) is 96.0 Å². The predicted octanol–water partition coefficient (Wildman–Crippen LogP) is 1.90. The standard InChI is InChI=1S/C21H31N3O5S/c1-21(20(26)22-16-8-6-4-5-7-9-16)15-23(30(3,27)28)14-19(25)24(21)17-10-12-18(29-2)13-11-17/h10-13,16H,4-9,14-15H2,1-3H3,(H,22,26). The van der Waals surface area contributed by atoms with E-state index in [-0.39, 0.29) is 25.0 Å². The van der Waals surface area contributed by atoms with Crippen LogP contribution in [0.1, 0.15) is 45.4 Å². The van der Waals surface area contributed by atoms with E-state index in [4.69, 9.17) is 4.74 Å². The van der Waals surface area contributed by atoms with Crippen molar-refractivity contribution in [2.75, 3.05) is 31.4 Å². The molecule has 0 bridgehead atoms. The summed E-state index contributed by atoms with van der Waals surface area (Å²) in [6.07, 6.45) is 7.27. The molecule has 0 spiro atoms. The van der Waals surface area contributed by atoms with E-state index >= 15 is 0 Å². The van der Waals surface area contributed by atoms with E-state index < -0.39 is 21.5 Å². The van der Waals surface area contributed by atoms with Gasteiger partial charge < -0.3 is 10.1 Å². The van der Waals surface area contributed by atoms with Crippen molar-refractivity contribution in [3.05, 3.63) is 24.3 Å². The summed E-state index contributed by atoms with van der Waals surface area (Å²) in [4.78, 5) is 28.0. The lowest BCUT2D eigenvalue weighted by atomic mass is 9.93. The first-order valence-electron chi connectivity index (χ1n) is 10.4. The number of sulfonamides is 1. The highest BCUT2D eigenvalue weighted by molar-refractivity contribution is 7.88. The third-order valence-corrected chi connectivity index (χ3v) is 7.21. The molecule has 1 atom stereocenters. The first-order valence-corrected chi connectivity index (χ1v) is 12.2. The quantitative estimate of drug-likeness (QED) is 0.710. The van der Waals surface area contributed by atoms with Crippen molar-refractivity contribution < 1.29 is 22.7 Å². The Bertz CT molecular complexity index is 878. The van der Waals surface area contributed by atoms with Crippen LogP contribution in [0.15, 0.2) is 24.3 Å². The minimum atomic E-state index is -3.63. The van der Waals surface area contributed by atoms with E-state index in [2.05, 4.69) is 5.32 Å². The SMILES string of the molecule is COc1ccc(N2C(=O)CN(S(C)(=O)=O)CC2(C)C(=O)NC2CCCCCC2)cc1. The summed E-state index contributed by atoms with van der Waals surface area (Å²) in [6.45, 7) is 1.25. The number of hydrogen-bond acceptors (Lipinski definition) is 5. The fourth-order valence-corrected chi connectivity index (χ4v) is 5.13. The van der Waals surface area contributed by atoms with Gasteiger partial charge in [-0.25, -0.2) is 8.42 Å². The first-order chi connectivity index (χ1) is 14.1. The van der Waals surface area contributed by atoms with E-state index in [9.17, 15) is 18.0 Å². The van der Waals surface area contributed by atoms with Crippen molar-refractivity contribution in [1.82, 2.24) is 9.62 Å². The average molecular weight is 438 g/mol. The number of carbonyl (C=O) groups is 2. The van der Waals surface area contributed by atoms with Crippen molar-refractivity contribution in [3.63, 3.8) is 0 Å². The second kappa shape index (κ2) is 8.93. The van der Waals surface area contributed by atoms with Crippen LogP contribution in [0.4, 0.5) is 5.69 Å². The molecule has 1 N–H and O–H groups in total. The van der Waals surface area contributed by atoms with E-state index in [0.717, 1.165) is 49.1 Å². The Balaban J connectivity index is 1.95. The molecule has 1 aromatic carbocycles. The minimum absolute atomic E-state index is 0.0401. The monoisotopic (exact) mass is 437 g/mol. The van der Waals surface area contributed by atoms with Crippen LogP contribution in [-0.4, -0.2) is 62.6 Å². The van der Waals surface area contributed by atoms with Crippen molar-refractivity contribution in [3.8, 4) is 5.75 Å². The summed E-state index contributed by atoms with van der Waals surface area (Å²) in [5.74, 6) is -0.132. The third-order valence-electron chi connectivity index (χ3n) is 6.02. The zero-order chi connectivity index (χ0) is 21.9. The molecular formula is C21H31N3O5S. The normalized spacial score (nSPS) is 24.4. The lowest BCUT2D eigenvalue weighted by molar-refractivity contribution is -0.133. The molecule has 1 unspecified atom stereocenters. The molecule has 30 heavy (non-hydrogen) atoms. The second-order valence-electron chi connectivity index (χ2n) is 8.39. The highest BCUT2D eigenvalue weighted by atomic mass is 32.2. The zero-order valence-corrected chi connectivity index (χ0v) is 18.7. The smallest absolute Gasteiger partial charge is 0.247 e. The van der Waals surface area contributed by atoms with E-state index in [1.165, 1.54) is 4.90 Å². The van der Waals surface area contributed by atoms with Gasteiger partial charge in [0.05, 0.1) is 19.9 Å². The number of nitrogens with one attached hydrogen (secondary N) is 1. The maximum Gasteiger partial charge on any atom is 0.247 e. The Morgan fingerprint density at radius 1 is 1.13 bits per heavy atom. The van der Waals surface area contributed by atoms with Gasteiger partial charge in [0.25, 0.3) is 0 Å². The van der Waals surface area contributed by atoms with Crippen LogP contribution in [0.3, 0.4) is 0 Å². The molecule has 0 aromatic heterocycles. The van der Waals surface area contributed by atoms with Crippen molar-refractivity contribution in [2.45, 2.75) is 57.0 Å². The average Bonchev–Trinajstić information content (AvgIpc) is 2.96. The molecule has 166 valence electrons. The van der Waals surface area contributed by atoms with Gasteiger partial charge in [-0.1, -0.05) is 25.7 Å². The number of piperazine rings is 1. The number of hydrogen-bond donors (Lipinski definition) is 1. The van der Waals surface area contributed by atoms with Gasteiger partial charge in [-0.3, -0.25) is 14.5 Å². The molecule has 2 amide bonds. The minimum Gasteiger partial charge on any atom is -0.497 e. The maximum atomic E-state index is 13.5. The summed E-state index contributed by atoms with van der Waals surface area (Å²) < 4.78 is 30.7. The summed E-state index contributed by atoms with van der Waals surface area (Å²) in [5, 5.41) is 3.10. The van der Waals surface area contributed by atoms with Gasteiger partial charge in [-0.05, 0) is 44.0 Å². The van der Waals surface area contributed by atoms with Gasteiger partial charge in [0.15, 0.2) is 0 Å². The van der Waals surface area contributed by atoms with Gasteiger partial charge in [-0.15, -0.1) is 0 Å². The summed E-state index contributed by atoms with van der Waals surface area (Å²) in [7, 11) is -2.08. The number of rotatable bonds is 5. The van der Waals surface area contributed by atoms with Gasteiger partial charge in [0, 0.05) is 18.3 Å². The number of nitrogens with zero attached hydrogens (tertiary/aromatic N) is 2. The highest BCUT2D eigenvalue weighted by Crippen LogP contribution is 2.32. The first kappa shape index (κ1) is 22.6. The van der Waals surface area contributed by atoms with Gasteiger partial charge in [0.1, 0.15) is 11.3 Å². The Labute approximate surface area is 178 Å². The molecule has 1 aliphatic carbocycles. The molecule has 2 aliphatic rings. The van der Waals surface area contributed by atoms with Crippen LogP contribution in [0.25, 0.3) is 0 Å². The molecule has 2 fully saturated rings. The molecule has 1 saturated carbocycles. The fraction of sp³-hybridized carbons (Fsp3) is 0.619. The van der Waals surface area contributed by atoms with Crippen molar-refractivity contribution in [1.29, 1.82) is 0 Å². The Hall–Kier alpha value is -2.13. The molecule has 0 radical (unpaired) electrons. The molecule has 3 rings (SSSR count). The fourth-order valence-electron chi connectivity index (χ4n) is 4.30. The van der Waals surface area contributed by atoms with Crippen molar-refractivity contribution in [2.24, 2.45) is 0 Å². The molecule has 9 heteroatoms. The molecule has 8 nitrogen and oxygen atoms in total. The van der Waals surface area contributed by atoms with E-state index in [1.807, 2.05) is 0 Å². The van der Waals surface area contributed by atoms with Crippen LogP contribution >= 0.6 is 0 Å². The number of benzene rings is 1. The molecular weight excluding hydrogens is 406 g/mol. The lowest BCUT2D eigenvalue weighted by Gasteiger charge is -2.47. The molecule has 1 saturated heterocycles. The Kier molecular flexibility index (Phi) is 6.71. The summed E-state index contributed by atoms with van der Waals surface area (Å²) in [5.41, 5.74) is -0.827. The van der Waals surface area contributed by atoms with Crippen LogP contribution < -0.4 is 15.0 Å². The molecule has 1 aliphatic heterocycles. The van der Waals surface area contributed by atoms with Gasteiger partial charge in [0.2, 0.25) is 21.8 Å². The number of carbonyl (C=O) groups excluding carboxylic acids is 2. The van der Waals surface area contributed by atoms with Crippen LogP contribution in [0.5, 0.6) is 5.75 Å². The van der Waals surface area contributed by atoms with Gasteiger partial charge >= 0.3 is 0 Å². The Morgan fingerprint density at radius 2 is 1.73 bits per heavy atom. The summed E-state index contributed by atoms with van der Waals surface area (Å²) in [6, 6.07) is 6.90. The summed E-state index contributed by atoms with van der Waals surface area (Å²) >= 11 is 0. The molecule has 1 aromatic rings. The van der Waals surface area contributed by atoms with E-state index in [0.29, 0.717) is 11.4 Å². The number of methoxy groups -OCH3 is 1. The maximum absolute atomic E-state index is 13.5. The molecule has 1 heterocycles. The second-order valence-corrected chi connectivity index (χ2v) is 10.4. The van der Waals surface area contributed by atoms with Crippen molar-refractivity contribution >= 4 is 27.5 Å². The number of amides is 2. The Morgan fingerprint density at radius 3 is 2.27 bits per heavy atom. The third kappa shape index (κ3) is 4.78. The van der Waals surface area contributed by atoms with Crippen LogP contribution in [0.2, 0.25) is 0 Å².